The predicted octanol–water partition coefficient (Wildman–Crippen LogP) is 5.83. The Balaban J connectivity index is 1.54. The lowest BCUT2D eigenvalue weighted by molar-refractivity contribution is -0.108. The minimum atomic E-state index is -3.82. The Bertz CT molecular complexity index is 1230. The van der Waals surface area contributed by atoms with Crippen LogP contribution in [0.4, 0.5) is 0 Å². The van der Waals surface area contributed by atoms with E-state index in [0.29, 0.717) is 30.6 Å². The number of amides is 1. The van der Waals surface area contributed by atoms with Gasteiger partial charge in [0, 0.05) is 6.42 Å². The van der Waals surface area contributed by atoms with E-state index >= 15 is 0 Å². The molecular formula is C29H37NO4S. The number of ether oxygens (including phenoxy) is 1. The number of hydrogen-bond donors (Lipinski definition) is 1. The molecule has 5 rings (SSSR count). The quantitative estimate of drug-likeness (QED) is 0.522. The number of nitrogens with one attached hydrogen (secondary N) is 1. The van der Waals surface area contributed by atoms with Gasteiger partial charge in [0.2, 0.25) is 16.2 Å². The third kappa shape index (κ3) is 3.71. The second-order valence-electron chi connectivity index (χ2n) is 11.4. The van der Waals surface area contributed by atoms with Crippen LogP contribution < -0.4 is 5.32 Å². The predicted molar refractivity (Wildman–Crippen MR) is 137 cm³/mol. The van der Waals surface area contributed by atoms with Gasteiger partial charge in [0.05, 0.1) is 17.8 Å². The smallest absolute Gasteiger partial charge is 0.221 e. The van der Waals surface area contributed by atoms with Crippen molar-refractivity contribution in [3.05, 3.63) is 63.9 Å². The first-order chi connectivity index (χ1) is 16.6. The summed E-state index contributed by atoms with van der Waals surface area (Å²) in [7, 11) is -2.06. The topological polar surface area (TPSA) is 72.5 Å². The van der Waals surface area contributed by atoms with Crippen molar-refractivity contribution in [1.82, 2.24) is 5.32 Å². The summed E-state index contributed by atoms with van der Waals surface area (Å²) in [5.41, 5.74) is 3.26. The van der Waals surface area contributed by atoms with E-state index in [4.69, 9.17) is 4.74 Å². The SMILES string of the molecule is COC1=CC2=CC[C@@H]3[C@H](CC[C@]4(C)C(=C(NC=O)S(=O)(=O)c5ccc(C)cc5)CC[C@@H]34)[C@@]2(C)CC1. The van der Waals surface area contributed by atoms with E-state index in [9.17, 15) is 13.2 Å². The van der Waals surface area contributed by atoms with Crippen LogP contribution in [0.15, 0.2) is 63.2 Å². The van der Waals surface area contributed by atoms with Crippen LogP contribution in [-0.4, -0.2) is 21.9 Å². The molecule has 2 saturated carbocycles. The van der Waals surface area contributed by atoms with Crippen molar-refractivity contribution in [2.75, 3.05) is 7.11 Å². The highest BCUT2D eigenvalue weighted by Crippen LogP contribution is 2.66. The van der Waals surface area contributed by atoms with E-state index in [0.717, 1.165) is 55.4 Å². The second-order valence-corrected chi connectivity index (χ2v) is 13.3. The van der Waals surface area contributed by atoms with Crippen LogP contribution in [0.3, 0.4) is 0 Å². The maximum absolute atomic E-state index is 13.7. The molecule has 2 fully saturated rings. The Morgan fingerprint density at radius 3 is 2.46 bits per heavy atom. The molecule has 0 aromatic heterocycles. The van der Waals surface area contributed by atoms with Crippen LogP contribution in [0.2, 0.25) is 0 Å². The molecule has 35 heavy (non-hydrogen) atoms. The molecule has 1 aromatic rings. The van der Waals surface area contributed by atoms with Crippen molar-refractivity contribution >= 4 is 16.2 Å². The van der Waals surface area contributed by atoms with Gasteiger partial charge in [0.1, 0.15) is 5.03 Å². The molecule has 1 amide bonds. The highest BCUT2D eigenvalue weighted by molar-refractivity contribution is 7.95. The minimum absolute atomic E-state index is 0.114. The first-order valence-electron chi connectivity index (χ1n) is 12.9. The van der Waals surface area contributed by atoms with Gasteiger partial charge in [-0.15, -0.1) is 0 Å². The van der Waals surface area contributed by atoms with E-state index in [-0.39, 0.29) is 20.8 Å². The van der Waals surface area contributed by atoms with Crippen LogP contribution >= 0.6 is 0 Å². The zero-order valence-corrected chi connectivity index (χ0v) is 22.1. The molecule has 4 aliphatic carbocycles. The summed E-state index contributed by atoms with van der Waals surface area (Å²) in [5, 5.41) is 2.76. The zero-order valence-electron chi connectivity index (χ0n) is 21.3. The number of benzene rings is 1. The number of carbonyl (C=O) groups excluding carboxylic acids is 1. The van der Waals surface area contributed by atoms with Gasteiger partial charge in [-0.1, -0.05) is 37.6 Å². The Morgan fingerprint density at radius 2 is 1.77 bits per heavy atom. The first kappa shape index (κ1) is 24.4. The lowest BCUT2D eigenvalue weighted by Crippen LogP contribution is -2.48. The zero-order chi connectivity index (χ0) is 25.0. The number of sulfone groups is 1. The van der Waals surface area contributed by atoms with Crippen molar-refractivity contribution in [3.63, 3.8) is 0 Å². The molecule has 0 aliphatic heterocycles. The van der Waals surface area contributed by atoms with Crippen LogP contribution in [-0.2, 0) is 19.4 Å². The number of aryl methyl sites for hydroxylation is 1. The van der Waals surface area contributed by atoms with E-state index in [1.807, 2.05) is 6.92 Å². The maximum atomic E-state index is 13.7. The van der Waals surface area contributed by atoms with Gasteiger partial charge < -0.3 is 10.1 Å². The largest absolute Gasteiger partial charge is 0.501 e. The molecule has 4 aliphatic rings. The molecule has 1 aromatic carbocycles. The molecule has 0 spiro atoms. The van der Waals surface area contributed by atoms with E-state index in [1.165, 1.54) is 5.57 Å². The third-order valence-corrected chi connectivity index (χ3v) is 11.6. The molecule has 6 heteroatoms. The van der Waals surface area contributed by atoms with Crippen LogP contribution in [0.5, 0.6) is 0 Å². The molecule has 188 valence electrons. The van der Waals surface area contributed by atoms with E-state index in [1.54, 1.807) is 31.4 Å². The average molecular weight is 496 g/mol. The Kier molecular flexibility index (Phi) is 6.02. The van der Waals surface area contributed by atoms with Gasteiger partial charge in [-0.25, -0.2) is 8.42 Å². The highest BCUT2D eigenvalue weighted by Gasteiger charge is 2.57. The average Bonchev–Trinajstić information content (AvgIpc) is 3.19. The fourth-order valence-electron chi connectivity index (χ4n) is 7.86. The lowest BCUT2D eigenvalue weighted by Gasteiger charge is -2.56. The molecule has 5 nitrogen and oxygen atoms in total. The molecule has 0 heterocycles. The fourth-order valence-corrected chi connectivity index (χ4v) is 9.45. The first-order valence-corrected chi connectivity index (χ1v) is 14.3. The molecular weight excluding hydrogens is 458 g/mol. The second kappa shape index (κ2) is 8.65. The van der Waals surface area contributed by atoms with Crippen LogP contribution in [0, 0.1) is 35.5 Å². The molecule has 0 saturated heterocycles. The maximum Gasteiger partial charge on any atom is 0.221 e. The highest BCUT2D eigenvalue weighted by atomic mass is 32.2. The molecule has 5 atom stereocenters. The fraction of sp³-hybridized carbons (Fsp3) is 0.552. The van der Waals surface area contributed by atoms with Crippen molar-refractivity contribution in [2.45, 2.75) is 70.6 Å². The summed E-state index contributed by atoms with van der Waals surface area (Å²) >= 11 is 0. The Morgan fingerprint density at radius 1 is 1.06 bits per heavy atom. The van der Waals surface area contributed by atoms with Gasteiger partial charge in [-0.2, -0.15) is 0 Å². The molecule has 1 N–H and O–H groups in total. The van der Waals surface area contributed by atoms with Gasteiger partial charge in [-0.05, 0) is 103 Å². The van der Waals surface area contributed by atoms with Crippen molar-refractivity contribution in [2.24, 2.45) is 28.6 Å². The van der Waals surface area contributed by atoms with Gasteiger partial charge in [0.15, 0.2) is 0 Å². The van der Waals surface area contributed by atoms with Crippen molar-refractivity contribution in [3.8, 4) is 0 Å². The van der Waals surface area contributed by atoms with Crippen LogP contribution in [0.1, 0.15) is 64.4 Å². The number of rotatable bonds is 5. The third-order valence-electron chi connectivity index (χ3n) is 9.84. The van der Waals surface area contributed by atoms with E-state index < -0.39 is 9.84 Å². The molecule has 0 radical (unpaired) electrons. The monoisotopic (exact) mass is 495 g/mol. The van der Waals surface area contributed by atoms with Gasteiger partial charge in [-0.3, -0.25) is 4.79 Å². The summed E-state index contributed by atoms with van der Waals surface area (Å²) in [6.07, 6.45) is 12.0. The minimum Gasteiger partial charge on any atom is -0.501 e. The number of hydrogen-bond acceptors (Lipinski definition) is 4. The summed E-state index contributed by atoms with van der Waals surface area (Å²) in [5.74, 6) is 2.60. The van der Waals surface area contributed by atoms with E-state index in [2.05, 4.69) is 31.3 Å². The summed E-state index contributed by atoms with van der Waals surface area (Å²) in [4.78, 5) is 11.9. The van der Waals surface area contributed by atoms with Crippen molar-refractivity contribution in [1.29, 1.82) is 0 Å². The number of carbonyl (C=O) groups is 1. The van der Waals surface area contributed by atoms with Gasteiger partial charge in [0.25, 0.3) is 0 Å². The summed E-state index contributed by atoms with van der Waals surface area (Å²) < 4.78 is 33.0. The Hall–Kier alpha value is -2.34. The number of fused-ring (bicyclic) bond motifs is 5. The lowest BCUT2D eigenvalue weighted by atomic mass is 9.48. The number of allylic oxidation sites excluding steroid dienone is 5. The summed E-state index contributed by atoms with van der Waals surface area (Å²) in [6, 6.07) is 6.90. The summed E-state index contributed by atoms with van der Waals surface area (Å²) in [6.45, 7) is 6.61. The number of methoxy groups -OCH3 is 1. The van der Waals surface area contributed by atoms with Gasteiger partial charge >= 0.3 is 0 Å². The Labute approximate surface area is 209 Å². The molecule has 0 bridgehead atoms. The standard InChI is InChI=1S/C29H37NO4S/c1-19-5-8-22(9-6-19)35(32,33)27(30-18-31)26-12-11-24-23-10-7-20-17-21(34-4)13-15-28(20,2)25(23)14-16-29(24,26)3/h5-9,17-18,23-25H,10-16H2,1-4H3,(H,30,31)/t23-,24-,25-,28-,29-/m0/s1. The molecule has 0 unspecified atom stereocenters. The van der Waals surface area contributed by atoms with Crippen molar-refractivity contribution < 1.29 is 17.9 Å². The normalized spacial score (nSPS) is 35.6. The van der Waals surface area contributed by atoms with Crippen LogP contribution in [0.25, 0.3) is 0 Å².